The van der Waals surface area contributed by atoms with Crippen LogP contribution in [0.4, 0.5) is 5.00 Å². The highest BCUT2D eigenvalue weighted by Gasteiger charge is 2.27. The second-order valence-electron chi connectivity index (χ2n) is 6.42. The van der Waals surface area contributed by atoms with E-state index in [0.29, 0.717) is 22.0 Å². The van der Waals surface area contributed by atoms with E-state index in [1.807, 2.05) is 24.3 Å². The van der Waals surface area contributed by atoms with Crippen molar-refractivity contribution in [1.82, 2.24) is 0 Å². The Balaban J connectivity index is 1.88. The fourth-order valence-electron chi connectivity index (χ4n) is 3.17. The first-order chi connectivity index (χ1) is 11.5. The summed E-state index contributed by atoms with van der Waals surface area (Å²) in [4.78, 5) is 25.6. The van der Waals surface area contributed by atoms with Crippen LogP contribution in [0.3, 0.4) is 0 Å². The number of hydrogen-bond acceptors (Lipinski definition) is 3. The van der Waals surface area contributed by atoms with Gasteiger partial charge in [-0.05, 0) is 54.9 Å². The number of nitrogens with two attached hydrogens (primary N) is 1. The smallest absolute Gasteiger partial charge is 0.256 e. The van der Waals surface area contributed by atoms with Gasteiger partial charge in [0.15, 0.2) is 0 Å². The van der Waals surface area contributed by atoms with E-state index in [0.717, 1.165) is 31.2 Å². The van der Waals surface area contributed by atoms with Crippen molar-refractivity contribution >= 4 is 28.2 Å². The van der Waals surface area contributed by atoms with Gasteiger partial charge >= 0.3 is 0 Å². The Kier molecular flexibility index (Phi) is 4.71. The summed E-state index contributed by atoms with van der Waals surface area (Å²) in [5.41, 5.74) is 8.89. The Labute approximate surface area is 146 Å². The minimum absolute atomic E-state index is 0.202. The van der Waals surface area contributed by atoms with Gasteiger partial charge in [0.2, 0.25) is 0 Å². The summed E-state index contributed by atoms with van der Waals surface area (Å²) in [5, 5.41) is 3.49. The number of benzene rings is 1. The van der Waals surface area contributed by atoms with E-state index in [2.05, 4.69) is 19.2 Å². The Morgan fingerprint density at radius 3 is 2.62 bits per heavy atom. The Morgan fingerprint density at radius 2 is 2.00 bits per heavy atom. The fourth-order valence-corrected chi connectivity index (χ4v) is 4.58. The highest BCUT2D eigenvalue weighted by Crippen LogP contribution is 2.39. The van der Waals surface area contributed by atoms with Crippen molar-refractivity contribution in [3.63, 3.8) is 0 Å². The normalized spacial score (nSPS) is 16.5. The average molecular weight is 342 g/mol. The van der Waals surface area contributed by atoms with Crippen LogP contribution in [0.2, 0.25) is 0 Å². The molecule has 0 radical (unpaired) electrons. The molecule has 1 aliphatic carbocycles. The molecule has 24 heavy (non-hydrogen) atoms. The summed E-state index contributed by atoms with van der Waals surface area (Å²) < 4.78 is 0. The van der Waals surface area contributed by atoms with Crippen LogP contribution in [0.25, 0.3) is 0 Å². The van der Waals surface area contributed by atoms with Gasteiger partial charge in [0.05, 0.1) is 5.56 Å². The van der Waals surface area contributed by atoms with Gasteiger partial charge in [0, 0.05) is 10.4 Å². The lowest BCUT2D eigenvalue weighted by molar-refractivity contribution is 0.1000. The number of hydrogen-bond donors (Lipinski definition) is 2. The van der Waals surface area contributed by atoms with Gasteiger partial charge < -0.3 is 11.1 Å². The maximum atomic E-state index is 12.5. The molecule has 0 spiro atoms. The third-order valence-electron chi connectivity index (χ3n) is 4.61. The predicted molar refractivity (Wildman–Crippen MR) is 97.8 cm³/mol. The molecule has 0 bridgehead atoms. The summed E-state index contributed by atoms with van der Waals surface area (Å²) in [7, 11) is 0. The molecule has 1 aliphatic rings. The number of rotatable bonds is 4. The Hall–Kier alpha value is -2.14. The van der Waals surface area contributed by atoms with Crippen LogP contribution in [0.15, 0.2) is 24.3 Å². The molecular formula is C19H22N2O2S. The number of carbonyl (C=O) groups excluding carboxylic acids is 2. The SMILES string of the molecule is CCc1ccc(C(=O)Nc2sc3c(c2C(N)=O)CC[C@H](C)C3)cc1. The van der Waals surface area contributed by atoms with E-state index < -0.39 is 5.91 Å². The largest absolute Gasteiger partial charge is 0.365 e. The predicted octanol–water partition coefficient (Wildman–Crippen LogP) is 3.79. The first-order valence-corrected chi connectivity index (χ1v) is 9.15. The molecule has 5 heteroatoms. The van der Waals surface area contributed by atoms with Gasteiger partial charge in [0.1, 0.15) is 5.00 Å². The number of nitrogens with one attached hydrogen (secondary N) is 1. The van der Waals surface area contributed by atoms with Gasteiger partial charge in [-0.3, -0.25) is 9.59 Å². The second-order valence-corrected chi connectivity index (χ2v) is 7.53. The fraction of sp³-hybridized carbons (Fsp3) is 0.368. The second kappa shape index (κ2) is 6.77. The van der Waals surface area contributed by atoms with E-state index in [4.69, 9.17) is 5.73 Å². The van der Waals surface area contributed by atoms with Gasteiger partial charge in [-0.15, -0.1) is 11.3 Å². The highest BCUT2D eigenvalue weighted by atomic mass is 32.1. The molecule has 0 unspecified atom stereocenters. The number of carbonyl (C=O) groups is 2. The summed E-state index contributed by atoms with van der Waals surface area (Å²) in [5.74, 6) is -0.0625. The maximum absolute atomic E-state index is 12.5. The summed E-state index contributed by atoms with van der Waals surface area (Å²) in [6, 6.07) is 7.53. The van der Waals surface area contributed by atoms with E-state index >= 15 is 0 Å². The molecule has 2 aromatic rings. The van der Waals surface area contributed by atoms with Crippen LogP contribution in [0, 0.1) is 5.92 Å². The van der Waals surface area contributed by atoms with Crippen LogP contribution in [0.1, 0.15) is 57.0 Å². The van der Waals surface area contributed by atoms with Crippen LogP contribution in [-0.4, -0.2) is 11.8 Å². The van der Waals surface area contributed by atoms with Crippen molar-refractivity contribution in [2.45, 2.75) is 39.5 Å². The molecule has 0 aliphatic heterocycles. The van der Waals surface area contributed by atoms with Crippen LogP contribution in [-0.2, 0) is 19.3 Å². The van der Waals surface area contributed by atoms with Crippen molar-refractivity contribution in [2.24, 2.45) is 11.7 Å². The maximum Gasteiger partial charge on any atom is 0.256 e. The molecule has 1 heterocycles. The molecular weight excluding hydrogens is 320 g/mol. The van der Waals surface area contributed by atoms with E-state index in [9.17, 15) is 9.59 Å². The van der Waals surface area contributed by atoms with Crippen molar-refractivity contribution in [3.05, 3.63) is 51.4 Å². The summed E-state index contributed by atoms with van der Waals surface area (Å²) in [6.45, 7) is 4.28. The highest BCUT2D eigenvalue weighted by molar-refractivity contribution is 7.17. The van der Waals surface area contributed by atoms with Crippen molar-refractivity contribution in [1.29, 1.82) is 0 Å². The first kappa shape index (κ1) is 16.7. The lowest BCUT2D eigenvalue weighted by atomic mass is 9.88. The molecule has 1 aromatic heterocycles. The molecule has 3 N–H and O–H groups in total. The Morgan fingerprint density at radius 1 is 1.29 bits per heavy atom. The summed E-state index contributed by atoms with van der Waals surface area (Å²) >= 11 is 1.49. The zero-order chi connectivity index (χ0) is 17.3. The zero-order valence-electron chi connectivity index (χ0n) is 14.0. The Bertz CT molecular complexity index is 777. The number of fused-ring (bicyclic) bond motifs is 1. The minimum Gasteiger partial charge on any atom is -0.365 e. The lowest BCUT2D eigenvalue weighted by Gasteiger charge is -2.18. The molecule has 0 fully saturated rings. The van der Waals surface area contributed by atoms with Crippen molar-refractivity contribution < 1.29 is 9.59 Å². The van der Waals surface area contributed by atoms with Gasteiger partial charge in [-0.1, -0.05) is 26.0 Å². The number of amides is 2. The quantitative estimate of drug-likeness (QED) is 0.887. The van der Waals surface area contributed by atoms with Crippen LogP contribution in [0.5, 0.6) is 0 Å². The average Bonchev–Trinajstić information content (AvgIpc) is 2.91. The third kappa shape index (κ3) is 3.22. The molecule has 2 amide bonds. The molecule has 4 nitrogen and oxygen atoms in total. The van der Waals surface area contributed by atoms with Crippen molar-refractivity contribution in [2.75, 3.05) is 5.32 Å². The topological polar surface area (TPSA) is 72.2 Å². The first-order valence-electron chi connectivity index (χ1n) is 8.34. The molecule has 0 saturated carbocycles. The van der Waals surface area contributed by atoms with E-state index in [-0.39, 0.29) is 5.91 Å². The number of primary amides is 1. The van der Waals surface area contributed by atoms with Gasteiger partial charge in [-0.2, -0.15) is 0 Å². The molecule has 126 valence electrons. The standard InChI is InChI=1S/C19H22N2O2S/c1-3-12-5-7-13(8-6-12)18(23)21-19-16(17(20)22)14-9-4-11(2)10-15(14)24-19/h5-8,11H,3-4,9-10H2,1-2H3,(H2,20,22)(H,21,23)/t11-/m0/s1. The van der Waals surface area contributed by atoms with Crippen LogP contribution < -0.4 is 11.1 Å². The number of thiophene rings is 1. The number of anilines is 1. The van der Waals surface area contributed by atoms with E-state index in [1.165, 1.54) is 21.8 Å². The minimum atomic E-state index is -0.460. The summed E-state index contributed by atoms with van der Waals surface area (Å²) in [6.07, 6.45) is 3.78. The van der Waals surface area contributed by atoms with Gasteiger partial charge in [-0.25, -0.2) is 0 Å². The van der Waals surface area contributed by atoms with Crippen LogP contribution >= 0.6 is 11.3 Å². The zero-order valence-corrected chi connectivity index (χ0v) is 14.8. The molecule has 1 aromatic carbocycles. The van der Waals surface area contributed by atoms with E-state index in [1.54, 1.807) is 0 Å². The lowest BCUT2D eigenvalue weighted by Crippen LogP contribution is -2.19. The molecule has 0 saturated heterocycles. The molecule has 1 atom stereocenters. The number of aryl methyl sites for hydroxylation is 1. The van der Waals surface area contributed by atoms with Crippen molar-refractivity contribution in [3.8, 4) is 0 Å². The monoisotopic (exact) mass is 342 g/mol. The van der Waals surface area contributed by atoms with Gasteiger partial charge in [0.25, 0.3) is 11.8 Å². The molecule has 3 rings (SSSR count). The third-order valence-corrected chi connectivity index (χ3v) is 5.78.